The largest absolute Gasteiger partial charge is 0.467 e. The van der Waals surface area contributed by atoms with Crippen molar-refractivity contribution in [3.05, 3.63) is 59.7 Å². The van der Waals surface area contributed by atoms with Crippen LogP contribution in [0.2, 0.25) is 0 Å². The molecule has 2 aliphatic rings. The summed E-state index contributed by atoms with van der Waals surface area (Å²) >= 11 is 0. The van der Waals surface area contributed by atoms with E-state index in [9.17, 15) is 27.6 Å². The van der Waals surface area contributed by atoms with Gasteiger partial charge in [0.25, 0.3) is 5.91 Å². The predicted octanol–water partition coefficient (Wildman–Crippen LogP) is 3.07. The van der Waals surface area contributed by atoms with Crippen LogP contribution in [-0.2, 0) is 40.3 Å². The molecular weight excluding hydrogens is 600 g/mol. The number of ether oxygens (including phenoxy) is 2. The third-order valence-corrected chi connectivity index (χ3v) is 9.65. The number of sulfonamides is 1. The molecule has 2 aliphatic heterocycles. The van der Waals surface area contributed by atoms with Crippen LogP contribution < -0.4 is 15.5 Å². The summed E-state index contributed by atoms with van der Waals surface area (Å²) in [5.74, 6) is -1.71. The molecule has 3 atom stereocenters. The molecule has 45 heavy (non-hydrogen) atoms. The van der Waals surface area contributed by atoms with E-state index in [0.29, 0.717) is 37.1 Å². The zero-order valence-corrected chi connectivity index (χ0v) is 27.2. The van der Waals surface area contributed by atoms with E-state index in [1.165, 1.54) is 23.5 Å². The molecular formula is C32H42N4O8S. The fourth-order valence-corrected chi connectivity index (χ4v) is 7.09. The number of aryl methyl sites for hydroxylation is 1. The number of nitrogens with one attached hydrogen (secondary N) is 2. The standard InChI is InChI=1S/C32H42N4O8S/c1-21-10-16-24(17-11-21)45(41,42)35-19-7-9-27(35)28(37)34-26(30(39)43-5)20-22-12-14-23(15-13-22)36(31(40)44-32(2,3)4)29(38)25-8-6-18-33-25/h10-17,25-27,33H,6-9,18-20H2,1-5H3,(H,34,37)/t25-,26-,27-/m0/s1. The summed E-state index contributed by atoms with van der Waals surface area (Å²) in [6.45, 7) is 7.86. The van der Waals surface area contributed by atoms with Crippen molar-refractivity contribution in [1.29, 1.82) is 0 Å². The second kappa shape index (κ2) is 14.1. The average Bonchev–Trinajstić information content (AvgIpc) is 3.70. The van der Waals surface area contributed by atoms with Gasteiger partial charge in [-0.15, -0.1) is 0 Å². The van der Waals surface area contributed by atoms with Crippen LogP contribution in [0.5, 0.6) is 0 Å². The Morgan fingerprint density at radius 2 is 1.69 bits per heavy atom. The molecule has 2 N–H and O–H groups in total. The number of esters is 1. The number of benzene rings is 2. The third-order valence-electron chi connectivity index (χ3n) is 7.73. The average molecular weight is 643 g/mol. The van der Waals surface area contributed by atoms with E-state index in [-0.39, 0.29) is 17.9 Å². The molecule has 2 aromatic rings. The van der Waals surface area contributed by atoms with Crippen LogP contribution in [0, 0.1) is 6.92 Å². The number of carbonyl (C=O) groups excluding carboxylic acids is 4. The minimum absolute atomic E-state index is 0.0285. The number of methoxy groups -OCH3 is 1. The maximum atomic E-state index is 13.4. The third kappa shape index (κ3) is 8.27. The Labute approximate surface area is 264 Å². The van der Waals surface area contributed by atoms with Crippen molar-refractivity contribution in [3.63, 3.8) is 0 Å². The lowest BCUT2D eigenvalue weighted by Crippen LogP contribution is -2.51. The molecule has 0 radical (unpaired) electrons. The number of imide groups is 1. The van der Waals surface area contributed by atoms with Crippen LogP contribution in [0.3, 0.4) is 0 Å². The molecule has 4 rings (SSSR count). The van der Waals surface area contributed by atoms with Crippen LogP contribution >= 0.6 is 0 Å². The fourth-order valence-electron chi connectivity index (χ4n) is 5.44. The van der Waals surface area contributed by atoms with Crippen molar-refractivity contribution in [2.45, 2.75) is 88.4 Å². The Balaban J connectivity index is 1.51. The number of nitrogens with zero attached hydrogens (tertiary/aromatic N) is 2. The second-order valence-electron chi connectivity index (χ2n) is 12.3. The minimum atomic E-state index is -3.93. The summed E-state index contributed by atoms with van der Waals surface area (Å²) in [6, 6.07) is 10.3. The lowest BCUT2D eigenvalue weighted by atomic mass is 10.0. The highest BCUT2D eigenvalue weighted by atomic mass is 32.2. The number of hydrogen-bond donors (Lipinski definition) is 2. The molecule has 12 nitrogen and oxygen atoms in total. The van der Waals surface area contributed by atoms with Crippen LogP contribution in [0.25, 0.3) is 0 Å². The SMILES string of the molecule is COC(=O)[C@H](Cc1ccc(N(C(=O)OC(C)(C)C)C(=O)[C@@H]2CCCN2)cc1)NC(=O)[C@@H]1CCCN1S(=O)(=O)c1ccc(C)cc1. The maximum absolute atomic E-state index is 13.4. The van der Waals surface area contributed by atoms with Crippen molar-refractivity contribution < 1.29 is 37.1 Å². The van der Waals surface area contributed by atoms with Gasteiger partial charge in [0.2, 0.25) is 15.9 Å². The molecule has 2 aromatic carbocycles. The van der Waals surface area contributed by atoms with Gasteiger partial charge in [-0.3, -0.25) is 9.59 Å². The van der Waals surface area contributed by atoms with Gasteiger partial charge in [0.05, 0.1) is 23.7 Å². The molecule has 2 fully saturated rings. The predicted molar refractivity (Wildman–Crippen MR) is 167 cm³/mol. The Morgan fingerprint density at radius 1 is 1.02 bits per heavy atom. The van der Waals surface area contributed by atoms with Gasteiger partial charge in [0, 0.05) is 13.0 Å². The number of hydrogen-bond acceptors (Lipinski definition) is 9. The molecule has 0 aromatic heterocycles. The fraction of sp³-hybridized carbons (Fsp3) is 0.500. The normalized spacial score (nSPS) is 19.5. The van der Waals surface area contributed by atoms with Gasteiger partial charge in [-0.1, -0.05) is 29.8 Å². The quantitative estimate of drug-likeness (QED) is 0.393. The Morgan fingerprint density at radius 3 is 2.27 bits per heavy atom. The van der Waals surface area contributed by atoms with E-state index in [0.717, 1.165) is 16.9 Å². The Kier molecular flexibility index (Phi) is 10.7. The van der Waals surface area contributed by atoms with Crippen molar-refractivity contribution in [2.24, 2.45) is 0 Å². The summed E-state index contributed by atoms with van der Waals surface area (Å²) in [5.41, 5.74) is 1.00. The van der Waals surface area contributed by atoms with Gasteiger partial charge < -0.3 is 20.1 Å². The first-order valence-corrected chi connectivity index (χ1v) is 16.5. The summed E-state index contributed by atoms with van der Waals surface area (Å²) < 4.78 is 38.4. The molecule has 0 saturated carbocycles. The van der Waals surface area contributed by atoms with Gasteiger partial charge in [0.15, 0.2) is 0 Å². The van der Waals surface area contributed by atoms with E-state index in [2.05, 4.69) is 10.6 Å². The number of carbonyl (C=O) groups is 4. The first-order chi connectivity index (χ1) is 21.2. The van der Waals surface area contributed by atoms with E-state index < -0.39 is 57.6 Å². The highest BCUT2D eigenvalue weighted by Gasteiger charge is 2.41. The monoisotopic (exact) mass is 642 g/mol. The first kappa shape index (κ1) is 34.1. The van der Waals surface area contributed by atoms with E-state index in [1.54, 1.807) is 57.2 Å². The molecule has 13 heteroatoms. The maximum Gasteiger partial charge on any atom is 0.421 e. The second-order valence-corrected chi connectivity index (χ2v) is 14.2. The van der Waals surface area contributed by atoms with Gasteiger partial charge in [-0.2, -0.15) is 4.31 Å². The summed E-state index contributed by atoms with van der Waals surface area (Å²) in [5, 5.41) is 5.80. The van der Waals surface area contributed by atoms with E-state index in [1.807, 2.05) is 6.92 Å². The molecule has 0 spiro atoms. The number of rotatable bonds is 9. The Bertz CT molecular complexity index is 1500. The molecule has 0 bridgehead atoms. The summed E-state index contributed by atoms with van der Waals surface area (Å²) in [4.78, 5) is 53.7. The molecule has 3 amide bonds. The van der Waals surface area contributed by atoms with Crippen LogP contribution in [-0.4, -0.2) is 80.5 Å². The highest BCUT2D eigenvalue weighted by molar-refractivity contribution is 7.89. The lowest BCUT2D eigenvalue weighted by molar-refractivity contribution is -0.145. The Hall–Kier alpha value is -3.81. The highest BCUT2D eigenvalue weighted by Crippen LogP contribution is 2.27. The first-order valence-electron chi connectivity index (χ1n) is 15.1. The number of amides is 3. The van der Waals surface area contributed by atoms with Gasteiger partial charge in [-0.05, 0) is 89.8 Å². The van der Waals surface area contributed by atoms with E-state index in [4.69, 9.17) is 9.47 Å². The van der Waals surface area contributed by atoms with Gasteiger partial charge in [0.1, 0.15) is 17.7 Å². The van der Waals surface area contributed by atoms with Gasteiger partial charge >= 0.3 is 12.1 Å². The van der Waals surface area contributed by atoms with Gasteiger partial charge in [-0.25, -0.2) is 22.9 Å². The van der Waals surface area contributed by atoms with Crippen LogP contribution in [0.15, 0.2) is 53.4 Å². The topological polar surface area (TPSA) is 151 Å². The smallest absolute Gasteiger partial charge is 0.421 e. The zero-order chi connectivity index (χ0) is 32.9. The molecule has 0 aliphatic carbocycles. The molecule has 0 unspecified atom stereocenters. The molecule has 2 saturated heterocycles. The molecule has 2 heterocycles. The van der Waals surface area contributed by atoms with Crippen molar-refractivity contribution in [2.75, 3.05) is 25.1 Å². The lowest BCUT2D eigenvalue weighted by Gasteiger charge is -2.28. The van der Waals surface area contributed by atoms with Crippen LogP contribution in [0.1, 0.15) is 57.6 Å². The van der Waals surface area contributed by atoms with Crippen LogP contribution in [0.4, 0.5) is 10.5 Å². The minimum Gasteiger partial charge on any atom is -0.467 e. The summed E-state index contributed by atoms with van der Waals surface area (Å²) in [7, 11) is -2.73. The summed E-state index contributed by atoms with van der Waals surface area (Å²) in [6.07, 6.45) is 1.45. The molecule has 244 valence electrons. The number of anilines is 1. The zero-order valence-electron chi connectivity index (χ0n) is 26.4. The van der Waals surface area contributed by atoms with Crippen molar-refractivity contribution in [1.82, 2.24) is 14.9 Å². The van der Waals surface area contributed by atoms with E-state index >= 15 is 0 Å². The van der Waals surface area contributed by atoms with Crippen molar-refractivity contribution in [3.8, 4) is 0 Å². The van der Waals surface area contributed by atoms with Crippen molar-refractivity contribution >= 4 is 39.6 Å².